The van der Waals surface area contributed by atoms with Crippen LogP contribution in [0.25, 0.3) is 66.5 Å². The highest BCUT2D eigenvalue weighted by Crippen LogP contribution is 2.36. The molecule has 8 aromatic rings. The van der Waals surface area contributed by atoms with Crippen LogP contribution < -0.4 is 0 Å². The molecule has 0 N–H and O–H groups in total. The lowest BCUT2D eigenvalue weighted by molar-refractivity contribution is 0.419. The molecule has 4 heteroatoms. The van der Waals surface area contributed by atoms with Crippen LogP contribution >= 0.6 is 0 Å². The van der Waals surface area contributed by atoms with Gasteiger partial charge in [0.1, 0.15) is 0 Å². The molecule has 0 aliphatic heterocycles. The molecule has 3 aromatic heterocycles. The van der Waals surface area contributed by atoms with Gasteiger partial charge < -0.3 is 9.13 Å². The van der Waals surface area contributed by atoms with E-state index in [1.165, 1.54) is 49.7 Å². The van der Waals surface area contributed by atoms with Gasteiger partial charge in [0, 0.05) is 22.0 Å². The van der Waals surface area contributed by atoms with Crippen LogP contribution in [-0.4, -0.2) is 18.5 Å². The van der Waals surface area contributed by atoms with Crippen molar-refractivity contribution in [3.05, 3.63) is 115 Å². The average Bonchev–Trinajstić information content (AvgIpc) is 3.59. The first-order valence-corrected chi connectivity index (χ1v) is 13.5. The fourth-order valence-corrected chi connectivity index (χ4v) is 6.25. The zero-order valence-electron chi connectivity index (χ0n) is 22.3. The fourth-order valence-electron chi connectivity index (χ4n) is 6.25. The third-order valence-electron chi connectivity index (χ3n) is 7.89. The highest BCUT2D eigenvalue weighted by Gasteiger charge is 2.23. The Hall–Kier alpha value is -4.83. The number of imidazole rings is 2. The number of rotatable bonds is 2. The van der Waals surface area contributed by atoms with E-state index in [4.69, 9.17) is 4.98 Å². The molecular weight excluding hydrogens is 476 g/mol. The Morgan fingerprint density at radius 2 is 1.15 bits per heavy atom. The summed E-state index contributed by atoms with van der Waals surface area (Å²) in [7, 11) is 0. The minimum atomic E-state index is -0.0907. The predicted molar refractivity (Wildman–Crippen MR) is 163 cm³/mol. The summed E-state index contributed by atoms with van der Waals surface area (Å²) in [5.41, 5.74) is 10.4. The van der Waals surface area contributed by atoms with Gasteiger partial charge in [0.25, 0.3) is 0 Å². The molecule has 0 saturated heterocycles. The van der Waals surface area contributed by atoms with E-state index in [9.17, 15) is 0 Å². The molecule has 0 aliphatic carbocycles. The molecule has 0 saturated carbocycles. The Morgan fingerprint density at radius 1 is 0.538 bits per heavy atom. The fraction of sp³-hybridized carbons (Fsp3) is 0.114. The predicted octanol–water partition coefficient (Wildman–Crippen LogP) is 8.96. The zero-order valence-corrected chi connectivity index (χ0v) is 22.3. The molecule has 188 valence electrons. The third kappa shape index (κ3) is 3.15. The first kappa shape index (κ1) is 22.2. The molecule has 0 fully saturated rings. The van der Waals surface area contributed by atoms with E-state index >= 15 is 0 Å². The Balaban J connectivity index is 1.35. The summed E-state index contributed by atoms with van der Waals surface area (Å²) in [4.78, 5) is 5.18. The molecule has 0 bridgehead atoms. The summed E-state index contributed by atoms with van der Waals surface area (Å²) in [6.07, 6.45) is 0. The molecule has 0 aliphatic rings. The zero-order chi connectivity index (χ0) is 26.3. The van der Waals surface area contributed by atoms with Crippen molar-refractivity contribution in [3.8, 4) is 16.8 Å². The summed E-state index contributed by atoms with van der Waals surface area (Å²) in [6, 6.07) is 41.4. The van der Waals surface area contributed by atoms with E-state index in [1.807, 2.05) is 0 Å². The number of nitrogens with zero attached hydrogens (tertiary/aromatic N) is 4. The van der Waals surface area contributed by atoms with Crippen LogP contribution in [0.1, 0.15) is 20.8 Å². The average molecular weight is 505 g/mol. The normalized spacial score (nSPS) is 12.5. The van der Waals surface area contributed by atoms with Gasteiger partial charge in [-0.15, -0.1) is 0 Å². The lowest BCUT2D eigenvalue weighted by Crippen LogP contribution is -2.21. The van der Waals surface area contributed by atoms with Crippen molar-refractivity contribution in [2.45, 2.75) is 26.3 Å². The maximum Gasteiger partial charge on any atom is 0.216 e. The second-order valence-corrected chi connectivity index (χ2v) is 11.4. The molecule has 0 spiro atoms. The van der Waals surface area contributed by atoms with Gasteiger partial charge in [-0.3, -0.25) is 4.40 Å². The Bertz CT molecular complexity index is 2200. The van der Waals surface area contributed by atoms with Gasteiger partial charge in [-0.1, -0.05) is 60.7 Å². The van der Waals surface area contributed by atoms with Crippen LogP contribution in [0.4, 0.5) is 0 Å². The first-order chi connectivity index (χ1) is 19.0. The van der Waals surface area contributed by atoms with Crippen LogP contribution in [0, 0.1) is 0 Å². The van der Waals surface area contributed by atoms with Crippen molar-refractivity contribution in [3.63, 3.8) is 0 Å². The molecule has 39 heavy (non-hydrogen) atoms. The van der Waals surface area contributed by atoms with E-state index in [1.54, 1.807) is 0 Å². The number of para-hydroxylation sites is 4. The number of hydrogen-bond acceptors (Lipinski definition) is 1. The van der Waals surface area contributed by atoms with Crippen LogP contribution in [0.15, 0.2) is 115 Å². The monoisotopic (exact) mass is 504 g/mol. The smallest absolute Gasteiger partial charge is 0.216 e. The summed E-state index contributed by atoms with van der Waals surface area (Å²) < 4.78 is 7.01. The van der Waals surface area contributed by atoms with Crippen molar-refractivity contribution < 1.29 is 0 Å². The second-order valence-electron chi connectivity index (χ2n) is 11.4. The molecule has 5 aromatic carbocycles. The summed E-state index contributed by atoms with van der Waals surface area (Å²) in [6.45, 7) is 6.72. The third-order valence-corrected chi connectivity index (χ3v) is 7.89. The Morgan fingerprint density at radius 3 is 1.92 bits per heavy atom. The van der Waals surface area contributed by atoms with Gasteiger partial charge in [0.05, 0.1) is 33.1 Å². The highest BCUT2D eigenvalue weighted by molar-refractivity contribution is 6.10. The minimum absolute atomic E-state index is 0.0907. The molecule has 0 unspecified atom stereocenters. The largest absolute Gasteiger partial charge is 0.309 e. The van der Waals surface area contributed by atoms with Crippen molar-refractivity contribution >= 4 is 49.7 Å². The lowest BCUT2D eigenvalue weighted by Gasteiger charge is -2.22. The molecule has 0 radical (unpaired) electrons. The van der Waals surface area contributed by atoms with Gasteiger partial charge in [0.15, 0.2) is 0 Å². The van der Waals surface area contributed by atoms with Gasteiger partial charge in [-0.05, 0) is 86.5 Å². The number of hydrogen-bond donors (Lipinski definition) is 0. The molecular formula is C35H28N4. The number of fused-ring (bicyclic) bond motifs is 8. The van der Waals surface area contributed by atoms with Gasteiger partial charge in [-0.2, -0.15) is 0 Å². The number of benzene rings is 5. The van der Waals surface area contributed by atoms with Gasteiger partial charge in [0.2, 0.25) is 5.78 Å². The number of aromatic nitrogens is 4. The lowest BCUT2D eigenvalue weighted by atomic mass is 10.0. The van der Waals surface area contributed by atoms with Crippen LogP contribution in [0.2, 0.25) is 0 Å². The van der Waals surface area contributed by atoms with E-state index in [0.29, 0.717) is 0 Å². The maximum atomic E-state index is 5.18. The van der Waals surface area contributed by atoms with E-state index in [0.717, 1.165) is 16.8 Å². The molecule has 0 amide bonds. The van der Waals surface area contributed by atoms with Gasteiger partial charge >= 0.3 is 0 Å². The van der Waals surface area contributed by atoms with E-state index < -0.39 is 0 Å². The van der Waals surface area contributed by atoms with E-state index in [-0.39, 0.29) is 5.54 Å². The Kier molecular flexibility index (Phi) is 4.46. The van der Waals surface area contributed by atoms with Crippen LogP contribution in [-0.2, 0) is 5.54 Å². The van der Waals surface area contributed by atoms with Crippen molar-refractivity contribution in [2.24, 2.45) is 0 Å². The summed E-state index contributed by atoms with van der Waals surface area (Å²) >= 11 is 0. The highest BCUT2D eigenvalue weighted by atomic mass is 15.2. The maximum absolute atomic E-state index is 5.18. The summed E-state index contributed by atoms with van der Waals surface area (Å²) in [5, 5.41) is 2.52. The Labute approximate surface area is 226 Å². The quantitative estimate of drug-likeness (QED) is 0.231. The molecule has 8 rings (SSSR count). The molecule has 3 heterocycles. The SMILES string of the molecule is CC(C)(C)n1c2ccccc2n2c3ccc(-c4ccc5c(c4)c4ccccc4n5-c4ccccc4)cc3nc12. The van der Waals surface area contributed by atoms with Gasteiger partial charge in [-0.25, -0.2) is 4.98 Å². The topological polar surface area (TPSA) is 27.2 Å². The first-order valence-electron chi connectivity index (χ1n) is 13.5. The molecule has 0 atom stereocenters. The van der Waals surface area contributed by atoms with Crippen molar-refractivity contribution in [1.82, 2.24) is 18.5 Å². The minimum Gasteiger partial charge on any atom is -0.309 e. The summed E-state index contributed by atoms with van der Waals surface area (Å²) in [5.74, 6) is 0.984. The van der Waals surface area contributed by atoms with Crippen LogP contribution in [0.5, 0.6) is 0 Å². The standard InChI is InChI=1S/C35H28N4/c1-35(2,3)39-33-16-10-9-15-32(33)38-31-20-18-24(22-28(31)36-34(38)39)23-17-19-30-27(21-23)26-13-7-8-14-29(26)37(30)25-11-5-4-6-12-25/h4-22H,1-3H3. The van der Waals surface area contributed by atoms with E-state index in [2.05, 4.69) is 150 Å². The van der Waals surface area contributed by atoms with Crippen molar-refractivity contribution in [1.29, 1.82) is 0 Å². The second kappa shape index (κ2) is 7.84. The van der Waals surface area contributed by atoms with Crippen molar-refractivity contribution in [2.75, 3.05) is 0 Å². The molecule has 4 nitrogen and oxygen atoms in total. The van der Waals surface area contributed by atoms with Crippen LogP contribution in [0.3, 0.4) is 0 Å².